The van der Waals surface area contributed by atoms with Crippen LogP contribution < -0.4 is 16.0 Å². The number of nitrogens with two attached hydrogens (primary N) is 1. The average molecular weight is 353 g/mol. The number of amides is 4. The van der Waals surface area contributed by atoms with Gasteiger partial charge in [-0.25, -0.2) is 14.5 Å². The predicted octanol–water partition coefficient (Wildman–Crippen LogP) is 4.73. The first-order valence-electron chi connectivity index (χ1n) is 8.87. The zero-order valence-electron chi connectivity index (χ0n) is 15.8. The molecule has 2 aromatic carbocycles. The van der Waals surface area contributed by atoms with Crippen LogP contribution in [0.25, 0.3) is 0 Å². The van der Waals surface area contributed by atoms with Crippen LogP contribution in [0.1, 0.15) is 56.2 Å². The Balaban J connectivity index is 2.40. The van der Waals surface area contributed by atoms with E-state index < -0.39 is 12.1 Å². The lowest BCUT2D eigenvalue weighted by Gasteiger charge is -2.27. The highest BCUT2D eigenvalue weighted by atomic mass is 16.2. The molecule has 2 aromatic rings. The van der Waals surface area contributed by atoms with E-state index >= 15 is 0 Å². The topological polar surface area (TPSA) is 75.4 Å². The van der Waals surface area contributed by atoms with Crippen LogP contribution >= 0.6 is 0 Å². The van der Waals surface area contributed by atoms with E-state index in [1.165, 1.54) is 0 Å². The zero-order chi connectivity index (χ0) is 19.3. The summed E-state index contributed by atoms with van der Waals surface area (Å²) in [6, 6.07) is 14.1. The molecule has 0 heterocycles. The number of carbonyl (C=O) groups is 2. The van der Waals surface area contributed by atoms with Gasteiger partial charge in [0.25, 0.3) is 0 Å². The Morgan fingerprint density at radius 3 is 1.92 bits per heavy atom. The highest BCUT2D eigenvalue weighted by Crippen LogP contribution is 2.35. The third-order valence-electron chi connectivity index (χ3n) is 4.28. The highest BCUT2D eigenvalue weighted by Gasteiger charge is 2.27. The molecule has 0 aliphatic carbocycles. The summed E-state index contributed by atoms with van der Waals surface area (Å²) in [4.78, 5) is 26.1. The summed E-state index contributed by atoms with van der Waals surface area (Å²) in [5.41, 5.74) is 8.99. The van der Waals surface area contributed by atoms with Crippen LogP contribution in [0.5, 0.6) is 0 Å². The SMILES string of the molecule is CC(C)c1cccc(C(C)C)c1N(C(N)=O)C(=O)NCc1ccccc1. The van der Waals surface area contributed by atoms with Crippen LogP contribution in [0.3, 0.4) is 0 Å². The summed E-state index contributed by atoms with van der Waals surface area (Å²) in [6.07, 6.45) is 0. The number of nitrogens with one attached hydrogen (secondary N) is 1. The molecule has 3 N–H and O–H groups in total. The number of hydrogen-bond acceptors (Lipinski definition) is 2. The lowest BCUT2D eigenvalue weighted by atomic mass is 9.92. The minimum atomic E-state index is -0.787. The monoisotopic (exact) mass is 353 g/mol. The highest BCUT2D eigenvalue weighted by molar-refractivity contribution is 6.14. The van der Waals surface area contributed by atoms with E-state index in [0.29, 0.717) is 12.2 Å². The second-order valence-electron chi connectivity index (χ2n) is 6.91. The number of imide groups is 1. The molecule has 0 aliphatic heterocycles. The predicted molar refractivity (Wildman–Crippen MR) is 105 cm³/mol. The van der Waals surface area contributed by atoms with E-state index in [-0.39, 0.29) is 11.8 Å². The fourth-order valence-corrected chi connectivity index (χ4v) is 2.93. The largest absolute Gasteiger partial charge is 0.351 e. The quantitative estimate of drug-likeness (QED) is 0.815. The van der Waals surface area contributed by atoms with Crippen molar-refractivity contribution >= 4 is 17.7 Å². The summed E-state index contributed by atoms with van der Waals surface area (Å²) in [5, 5.41) is 2.80. The number of hydrogen-bond donors (Lipinski definition) is 2. The van der Waals surface area contributed by atoms with Crippen LogP contribution in [-0.4, -0.2) is 12.1 Å². The molecule has 0 atom stereocenters. The molecule has 0 aliphatic rings. The smallest absolute Gasteiger partial charge is 0.330 e. The standard InChI is InChI=1S/C21H27N3O2/c1-14(2)17-11-8-12-18(15(3)4)19(17)24(20(22)25)21(26)23-13-16-9-6-5-7-10-16/h5-12,14-15H,13H2,1-4H3,(H2,22,25)(H,23,26). The molecule has 4 amide bonds. The molecule has 0 saturated carbocycles. The van der Waals surface area contributed by atoms with Crippen molar-refractivity contribution in [3.05, 3.63) is 65.2 Å². The van der Waals surface area contributed by atoms with Crippen LogP contribution in [0, 0.1) is 0 Å². The van der Waals surface area contributed by atoms with Crippen LogP contribution in [0.15, 0.2) is 48.5 Å². The molecule has 26 heavy (non-hydrogen) atoms. The van der Waals surface area contributed by atoms with Gasteiger partial charge in [-0.1, -0.05) is 76.2 Å². The summed E-state index contributed by atoms with van der Waals surface area (Å²) in [5.74, 6) is 0.292. The number of carbonyl (C=O) groups excluding carboxylic acids is 2. The second kappa shape index (κ2) is 8.52. The van der Waals surface area contributed by atoms with Gasteiger partial charge in [0.05, 0.1) is 5.69 Å². The number of benzene rings is 2. The van der Waals surface area contributed by atoms with Crippen molar-refractivity contribution < 1.29 is 9.59 Å². The van der Waals surface area contributed by atoms with Gasteiger partial charge in [0, 0.05) is 6.54 Å². The molecular weight excluding hydrogens is 326 g/mol. The third-order valence-corrected chi connectivity index (χ3v) is 4.28. The summed E-state index contributed by atoms with van der Waals surface area (Å²) in [6.45, 7) is 8.45. The van der Waals surface area contributed by atoms with Crippen molar-refractivity contribution in [3.63, 3.8) is 0 Å². The average Bonchev–Trinajstić information content (AvgIpc) is 2.60. The summed E-state index contributed by atoms with van der Waals surface area (Å²) < 4.78 is 0. The van der Waals surface area contributed by atoms with Crippen LogP contribution in [0.2, 0.25) is 0 Å². The molecule has 0 aromatic heterocycles. The molecular formula is C21H27N3O2. The Bertz CT molecular complexity index is 744. The van der Waals surface area contributed by atoms with Gasteiger partial charge in [-0.3, -0.25) is 0 Å². The van der Waals surface area contributed by atoms with Crippen LogP contribution in [-0.2, 0) is 6.54 Å². The number of para-hydroxylation sites is 1. The lowest BCUT2D eigenvalue weighted by molar-refractivity contribution is 0.238. The van der Waals surface area contributed by atoms with Crippen molar-refractivity contribution in [2.45, 2.75) is 46.1 Å². The number of primary amides is 1. The van der Waals surface area contributed by atoms with E-state index in [4.69, 9.17) is 5.73 Å². The summed E-state index contributed by atoms with van der Waals surface area (Å²) >= 11 is 0. The van der Waals surface area contributed by atoms with Crippen LogP contribution in [0.4, 0.5) is 15.3 Å². The molecule has 5 nitrogen and oxygen atoms in total. The molecule has 0 bridgehead atoms. The van der Waals surface area contributed by atoms with Gasteiger partial charge >= 0.3 is 12.1 Å². The maximum atomic E-state index is 12.8. The number of rotatable bonds is 5. The van der Waals surface area contributed by atoms with Crippen molar-refractivity contribution in [3.8, 4) is 0 Å². The first-order chi connectivity index (χ1) is 12.3. The van der Waals surface area contributed by atoms with Crippen molar-refractivity contribution in [1.82, 2.24) is 5.32 Å². The third kappa shape index (κ3) is 4.42. The van der Waals surface area contributed by atoms with Gasteiger partial charge in [-0.15, -0.1) is 0 Å². The Morgan fingerprint density at radius 1 is 0.923 bits per heavy atom. The fourth-order valence-electron chi connectivity index (χ4n) is 2.93. The van der Waals surface area contributed by atoms with E-state index in [2.05, 4.69) is 5.32 Å². The fraction of sp³-hybridized carbons (Fsp3) is 0.333. The van der Waals surface area contributed by atoms with E-state index in [9.17, 15) is 9.59 Å². The second-order valence-corrected chi connectivity index (χ2v) is 6.91. The number of nitrogens with zero attached hydrogens (tertiary/aromatic N) is 1. The molecule has 0 spiro atoms. The van der Waals surface area contributed by atoms with Gasteiger partial charge in [-0.2, -0.15) is 0 Å². The Labute approximate surface area is 155 Å². The molecule has 0 fully saturated rings. The van der Waals surface area contributed by atoms with E-state index in [1.54, 1.807) is 0 Å². The molecule has 0 saturated heterocycles. The number of anilines is 1. The summed E-state index contributed by atoms with van der Waals surface area (Å²) in [7, 11) is 0. The maximum Gasteiger partial charge on any atom is 0.330 e. The van der Waals surface area contributed by atoms with Gasteiger partial charge in [0.1, 0.15) is 0 Å². The normalized spacial score (nSPS) is 10.8. The van der Waals surface area contributed by atoms with Gasteiger partial charge < -0.3 is 11.1 Å². The Kier molecular flexibility index (Phi) is 6.39. The maximum absolute atomic E-state index is 12.8. The van der Waals surface area contributed by atoms with Crippen molar-refractivity contribution in [1.29, 1.82) is 0 Å². The molecule has 0 unspecified atom stereocenters. The molecule has 138 valence electrons. The molecule has 0 radical (unpaired) electrons. The van der Waals surface area contributed by atoms with Gasteiger partial charge in [-0.05, 0) is 28.5 Å². The first kappa shape index (κ1) is 19.5. The molecule has 2 rings (SSSR count). The lowest BCUT2D eigenvalue weighted by Crippen LogP contribution is -2.47. The van der Waals surface area contributed by atoms with Crippen molar-refractivity contribution in [2.24, 2.45) is 5.73 Å². The van der Waals surface area contributed by atoms with E-state index in [1.807, 2.05) is 76.2 Å². The minimum Gasteiger partial charge on any atom is -0.351 e. The first-order valence-corrected chi connectivity index (χ1v) is 8.87. The minimum absolute atomic E-state index is 0.146. The van der Waals surface area contributed by atoms with Crippen molar-refractivity contribution in [2.75, 3.05) is 4.90 Å². The Morgan fingerprint density at radius 2 is 1.46 bits per heavy atom. The van der Waals surface area contributed by atoms with E-state index in [0.717, 1.165) is 21.6 Å². The zero-order valence-corrected chi connectivity index (χ0v) is 15.8. The van der Waals surface area contributed by atoms with Gasteiger partial charge in [0.2, 0.25) is 0 Å². The Hall–Kier alpha value is -2.82. The number of urea groups is 2. The van der Waals surface area contributed by atoms with Gasteiger partial charge in [0.15, 0.2) is 0 Å². The molecule has 5 heteroatoms.